The van der Waals surface area contributed by atoms with E-state index in [2.05, 4.69) is 27.0 Å². The van der Waals surface area contributed by atoms with Crippen molar-refractivity contribution in [3.05, 3.63) is 81.6 Å². The average Bonchev–Trinajstić information content (AvgIpc) is 3.26. The summed E-state index contributed by atoms with van der Waals surface area (Å²) >= 11 is 6.23. The first-order valence-corrected chi connectivity index (χ1v) is 10.6. The standard InChI is InChI=1S/C24H24ClN3O3/c1-15-11-18(12-16(2)22(15)25)31-14-20-19(23(29)30)13-26-24(27-20)28-10-6-9-21(28)17-7-4-3-5-8-17/h3-5,7-8,11-13,21H,6,9-10,14H2,1-2H3,(H,29,30). The highest BCUT2D eigenvalue weighted by molar-refractivity contribution is 6.32. The van der Waals surface area contributed by atoms with Crippen molar-refractivity contribution in [2.75, 3.05) is 11.4 Å². The molecule has 0 radical (unpaired) electrons. The van der Waals surface area contributed by atoms with E-state index < -0.39 is 5.97 Å². The van der Waals surface area contributed by atoms with E-state index in [0.717, 1.165) is 30.5 Å². The highest BCUT2D eigenvalue weighted by Crippen LogP contribution is 2.34. The van der Waals surface area contributed by atoms with Crippen molar-refractivity contribution in [3.8, 4) is 5.75 Å². The van der Waals surface area contributed by atoms with E-state index in [1.165, 1.54) is 11.8 Å². The fraction of sp³-hybridized carbons (Fsp3) is 0.292. The maximum atomic E-state index is 11.7. The lowest BCUT2D eigenvalue weighted by atomic mass is 10.1. The van der Waals surface area contributed by atoms with Crippen LogP contribution in [0.4, 0.5) is 5.95 Å². The molecule has 1 aliphatic rings. The van der Waals surface area contributed by atoms with Crippen molar-refractivity contribution >= 4 is 23.5 Å². The van der Waals surface area contributed by atoms with Crippen molar-refractivity contribution in [2.24, 2.45) is 0 Å². The lowest BCUT2D eigenvalue weighted by Gasteiger charge is -2.25. The van der Waals surface area contributed by atoms with Gasteiger partial charge in [-0.3, -0.25) is 0 Å². The third-order valence-electron chi connectivity index (χ3n) is 5.56. The molecule has 1 aromatic heterocycles. The monoisotopic (exact) mass is 437 g/mol. The maximum absolute atomic E-state index is 11.7. The Balaban J connectivity index is 1.62. The van der Waals surface area contributed by atoms with Crippen LogP contribution in [0.15, 0.2) is 48.7 Å². The average molecular weight is 438 g/mol. The number of carboxylic acids is 1. The molecule has 0 bridgehead atoms. The van der Waals surface area contributed by atoms with Crippen LogP contribution in [0, 0.1) is 13.8 Å². The van der Waals surface area contributed by atoms with Gasteiger partial charge in [0.2, 0.25) is 5.95 Å². The predicted molar refractivity (Wildman–Crippen MR) is 120 cm³/mol. The number of ether oxygens (including phenoxy) is 1. The van der Waals surface area contributed by atoms with Crippen molar-refractivity contribution in [3.63, 3.8) is 0 Å². The minimum Gasteiger partial charge on any atom is -0.487 e. The van der Waals surface area contributed by atoms with Gasteiger partial charge in [-0.25, -0.2) is 14.8 Å². The molecule has 2 aromatic carbocycles. The number of aryl methyl sites for hydroxylation is 2. The number of aromatic carboxylic acids is 1. The van der Waals surface area contributed by atoms with Crippen molar-refractivity contribution in [1.29, 1.82) is 0 Å². The van der Waals surface area contributed by atoms with Crippen LogP contribution in [0.2, 0.25) is 5.02 Å². The first-order chi connectivity index (χ1) is 14.9. The maximum Gasteiger partial charge on any atom is 0.339 e. The molecule has 31 heavy (non-hydrogen) atoms. The van der Waals surface area contributed by atoms with Crippen molar-refractivity contribution < 1.29 is 14.6 Å². The van der Waals surface area contributed by atoms with Crippen LogP contribution in [0.5, 0.6) is 5.75 Å². The van der Waals surface area contributed by atoms with E-state index in [1.807, 2.05) is 44.2 Å². The zero-order chi connectivity index (χ0) is 22.0. The van der Waals surface area contributed by atoms with Gasteiger partial charge in [-0.05, 0) is 55.5 Å². The lowest BCUT2D eigenvalue weighted by molar-refractivity contribution is 0.0692. The topological polar surface area (TPSA) is 75.5 Å². The van der Waals surface area contributed by atoms with Gasteiger partial charge < -0.3 is 14.7 Å². The van der Waals surface area contributed by atoms with Crippen LogP contribution in [0.1, 0.15) is 51.6 Å². The Morgan fingerprint density at radius 1 is 1.23 bits per heavy atom. The Kier molecular flexibility index (Phi) is 6.09. The molecule has 160 valence electrons. The zero-order valence-corrected chi connectivity index (χ0v) is 18.3. The van der Waals surface area contributed by atoms with Gasteiger partial charge in [0.05, 0.1) is 11.7 Å². The molecule has 0 aliphatic carbocycles. The number of carboxylic acid groups (broad SMARTS) is 1. The molecule has 0 saturated carbocycles. The zero-order valence-electron chi connectivity index (χ0n) is 17.5. The van der Waals surface area contributed by atoms with Crippen LogP contribution >= 0.6 is 11.6 Å². The summed E-state index contributed by atoms with van der Waals surface area (Å²) in [5, 5.41) is 10.3. The van der Waals surface area contributed by atoms with E-state index in [0.29, 0.717) is 22.4 Å². The van der Waals surface area contributed by atoms with Crippen molar-refractivity contribution in [1.82, 2.24) is 9.97 Å². The molecular weight excluding hydrogens is 414 g/mol. The molecule has 1 fully saturated rings. The summed E-state index contributed by atoms with van der Waals surface area (Å²) in [6.45, 7) is 4.67. The summed E-state index contributed by atoms with van der Waals surface area (Å²) in [6, 6.07) is 14.1. The number of benzene rings is 2. The molecule has 4 rings (SSSR count). The molecule has 6 nitrogen and oxygen atoms in total. The van der Waals surface area contributed by atoms with Gasteiger partial charge in [-0.2, -0.15) is 0 Å². The molecule has 3 aromatic rings. The summed E-state index contributed by atoms with van der Waals surface area (Å²) in [6.07, 6.45) is 3.41. The molecule has 0 amide bonds. The van der Waals surface area contributed by atoms with E-state index in [-0.39, 0.29) is 18.2 Å². The Hall–Kier alpha value is -3.12. The van der Waals surface area contributed by atoms with E-state index >= 15 is 0 Å². The molecule has 7 heteroatoms. The van der Waals surface area contributed by atoms with Crippen LogP contribution in [-0.2, 0) is 6.61 Å². The summed E-state index contributed by atoms with van der Waals surface area (Å²) < 4.78 is 5.90. The number of halogens is 1. The Bertz CT molecular complexity index is 1080. The van der Waals surface area contributed by atoms with E-state index in [1.54, 1.807) is 0 Å². The highest BCUT2D eigenvalue weighted by Gasteiger charge is 2.29. The third-order valence-corrected chi connectivity index (χ3v) is 6.16. The minimum atomic E-state index is -1.07. The van der Waals surface area contributed by atoms with Crippen LogP contribution in [0.25, 0.3) is 0 Å². The number of aromatic nitrogens is 2. The Morgan fingerprint density at radius 3 is 2.61 bits per heavy atom. The van der Waals surface area contributed by atoms with Crippen molar-refractivity contribution in [2.45, 2.75) is 39.3 Å². The van der Waals surface area contributed by atoms with Crippen LogP contribution in [-0.4, -0.2) is 27.6 Å². The molecule has 1 saturated heterocycles. The highest BCUT2D eigenvalue weighted by atomic mass is 35.5. The number of hydrogen-bond donors (Lipinski definition) is 1. The van der Waals surface area contributed by atoms with Gasteiger partial charge in [0.25, 0.3) is 0 Å². The number of rotatable bonds is 6. The second kappa shape index (κ2) is 8.94. The molecule has 1 N–H and O–H groups in total. The number of nitrogens with zero attached hydrogens (tertiary/aromatic N) is 3. The van der Waals surface area contributed by atoms with Crippen LogP contribution in [0.3, 0.4) is 0 Å². The fourth-order valence-electron chi connectivity index (χ4n) is 4.00. The Labute approximate surface area is 186 Å². The van der Waals surface area contributed by atoms with E-state index in [9.17, 15) is 9.90 Å². The smallest absolute Gasteiger partial charge is 0.339 e. The van der Waals surface area contributed by atoms with Gasteiger partial charge in [0, 0.05) is 17.8 Å². The summed E-state index contributed by atoms with van der Waals surface area (Å²) in [5.41, 5.74) is 3.40. The summed E-state index contributed by atoms with van der Waals surface area (Å²) in [4.78, 5) is 22.9. The van der Waals surface area contributed by atoms with Gasteiger partial charge in [0.1, 0.15) is 17.9 Å². The molecule has 1 aliphatic heterocycles. The molecule has 1 atom stereocenters. The molecule has 1 unspecified atom stereocenters. The summed E-state index contributed by atoms with van der Waals surface area (Å²) in [5.74, 6) is 0.0762. The second-order valence-corrected chi connectivity index (χ2v) is 8.14. The largest absolute Gasteiger partial charge is 0.487 e. The quantitative estimate of drug-likeness (QED) is 0.559. The molecular formula is C24H24ClN3O3. The lowest BCUT2D eigenvalue weighted by Crippen LogP contribution is -2.26. The van der Waals surface area contributed by atoms with Gasteiger partial charge in [-0.1, -0.05) is 41.9 Å². The SMILES string of the molecule is Cc1cc(OCc2nc(N3CCCC3c3ccccc3)ncc2C(=O)O)cc(C)c1Cl. The normalized spacial score (nSPS) is 15.8. The number of carbonyl (C=O) groups is 1. The third kappa shape index (κ3) is 4.49. The first-order valence-electron chi connectivity index (χ1n) is 10.2. The van der Waals surface area contributed by atoms with Gasteiger partial charge in [0.15, 0.2) is 0 Å². The van der Waals surface area contributed by atoms with Gasteiger partial charge in [-0.15, -0.1) is 0 Å². The van der Waals surface area contributed by atoms with E-state index in [4.69, 9.17) is 16.3 Å². The number of hydrogen-bond acceptors (Lipinski definition) is 5. The first kappa shape index (κ1) is 21.1. The van der Waals surface area contributed by atoms with Crippen LogP contribution < -0.4 is 9.64 Å². The number of anilines is 1. The molecule has 0 spiro atoms. The second-order valence-electron chi connectivity index (χ2n) is 7.76. The van der Waals surface area contributed by atoms with Gasteiger partial charge >= 0.3 is 5.97 Å². The Morgan fingerprint density at radius 2 is 1.94 bits per heavy atom. The minimum absolute atomic E-state index is 0.0293. The summed E-state index contributed by atoms with van der Waals surface area (Å²) in [7, 11) is 0. The predicted octanol–water partition coefficient (Wildman–Crippen LogP) is 5.37. The fourth-order valence-corrected chi connectivity index (χ4v) is 4.11. The molecule has 2 heterocycles.